The van der Waals surface area contributed by atoms with Crippen molar-refractivity contribution in [3.63, 3.8) is 0 Å². The summed E-state index contributed by atoms with van der Waals surface area (Å²) >= 11 is 0. The fourth-order valence-electron chi connectivity index (χ4n) is 5.47. The van der Waals surface area contributed by atoms with E-state index in [0.29, 0.717) is 47.5 Å². The zero-order valence-corrected chi connectivity index (χ0v) is 26.6. The highest BCUT2D eigenvalue weighted by Gasteiger charge is 2.24. The lowest BCUT2D eigenvalue weighted by atomic mass is 10.0. The Balaban J connectivity index is 1.28. The van der Waals surface area contributed by atoms with E-state index in [1.54, 1.807) is 37.4 Å². The van der Waals surface area contributed by atoms with Crippen LogP contribution >= 0.6 is 0 Å². The largest absolute Gasteiger partial charge is 0.507 e. The van der Waals surface area contributed by atoms with Crippen LogP contribution in [0.4, 0.5) is 11.4 Å². The van der Waals surface area contributed by atoms with Crippen molar-refractivity contribution in [3.8, 4) is 17.2 Å². The summed E-state index contributed by atoms with van der Waals surface area (Å²) in [6.07, 6.45) is 5.11. The molecule has 0 aromatic heterocycles. The van der Waals surface area contributed by atoms with E-state index in [2.05, 4.69) is 24.3 Å². The van der Waals surface area contributed by atoms with Gasteiger partial charge in [0.25, 0.3) is 11.8 Å². The third-order valence-electron chi connectivity index (χ3n) is 8.22. The van der Waals surface area contributed by atoms with E-state index < -0.39 is 5.91 Å². The number of phenols is 1. The van der Waals surface area contributed by atoms with Crippen LogP contribution in [-0.4, -0.2) is 86.6 Å². The SMILES string of the molecule is COc1cc(C(=O)N(C)c2ccccc2OCCCCCC(=O)N2CCC(N(C)C)CC2)ccc1NC(=O)c1ccccc1O. The summed E-state index contributed by atoms with van der Waals surface area (Å²) in [5.74, 6) is 0.216. The van der Waals surface area contributed by atoms with Gasteiger partial charge in [-0.25, -0.2) is 0 Å². The second-order valence-corrected chi connectivity index (χ2v) is 11.5. The number of rotatable bonds is 13. The van der Waals surface area contributed by atoms with Gasteiger partial charge in [-0.05, 0) is 88.7 Å². The molecule has 3 aromatic carbocycles. The quantitative estimate of drug-likeness (QED) is 0.247. The lowest BCUT2D eigenvalue weighted by Crippen LogP contribution is -2.44. The van der Waals surface area contributed by atoms with E-state index in [4.69, 9.17) is 9.47 Å². The predicted octanol–water partition coefficient (Wildman–Crippen LogP) is 5.42. The van der Waals surface area contributed by atoms with Crippen LogP contribution in [-0.2, 0) is 4.79 Å². The van der Waals surface area contributed by atoms with Crippen molar-refractivity contribution in [1.29, 1.82) is 0 Å². The van der Waals surface area contributed by atoms with Gasteiger partial charge in [-0.3, -0.25) is 14.4 Å². The number of carbonyl (C=O) groups is 3. The number of ether oxygens (including phenoxy) is 2. The molecule has 1 heterocycles. The molecular formula is C35H44N4O6. The Labute approximate surface area is 265 Å². The molecule has 3 amide bonds. The fourth-order valence-corrected chi connectivity index (χ4v) is 5.47. The van der Waals surface area contributed by atoms with Gasteiger partial charge in [0, 0.05) is 38.2 Å². The number of likely N-dealkylation sites (tertiary alicyclic amines) is 1. The maximum atomic E-state index is 13.5. The minimum atomic E-state index is -0.499. The molecule has 0 unspecified atom stereocenters. The summed E-state index contributed by atoms with van der Waals surface area (Å²) in [6.45, 7) is 2.14. The first-order valence-electron chi connectivity index (χ1n) is 15.4. The van der Waals surface area contributed by atoms with Gasteiger partial charge in [-0.15, -0.1) is 0 Å². The van der Waals surface area contributed by atoms with Crippen LogP contribution < -0.4 is 19.7 Å². The van der Waals surface area contributed by atoms with Gasteiger partial charge in [-0.1, -0.05) is 24.3 Å². The molecule has 1 aliphatic heterocycles. The average molecular weight is 617 g/mol. The Hall–Kier alpha value is -4.57. The summed E-state index contributed by atoms with van der Waals surface area (Å²) in [5.41, 5.74) is 1.47. The summed E-state index contributed by atoms with van der Waals surface area (Å²) < 4.78 is 11.5. The van der Waals surface area contributed by atoms with Crippen LogP contribution in [0.5, 0.6) is 17.2 Å². The van der Waals surface area contributed by atoms with E-state index in [-0.39, 0.29) is 23.1 Å². The molecule has 3 aromatic rings. The van der Waals surface area contributed by atoms with Crippen molar-refractivity contribution in [3.05, 3.63) is 77.9 Å². The third kappa shape index (κ3) is 8.76. The number of nitrogens with zero attached hydrogens (tertiary/aromatic N) is 3. The van der Waals surface area contributed by atoms with Crippen molar-refractivity contribution >= 4 is 29.1 Å². The zero-order valence-electron chi connectivity index (χ0n) is 26.6. The van der Waals surface area contributed by atoms with Crippen molar-refractivity contribution in [2.45, 2.75) is 44.6 Å². The highest BCUT2D eigenvalue weighted by molar-refractivity contribution is 6.09. The first-order valence-corrected chi connectivity index (χ1v) is 15.4. The van der Waals surface area contributed by atoms with Gasteiger partial charge in [0.15, 0.2) is 0 Å². The Morgan fingerprint density at radius 1 is 0.911 bits per heavy atom. The van der Waals surface area contributed by atoms with Crippen molar-refractivity contribution in [2.75, 3.05) is 58.2 Å². The number of amides is 3. The Kier molecular flexibility index (Phi) is 11.8. The molecule has 1 aliphatic rings. The summed E-state index contributed by atoms with van der Waals surface area (Å²) in [4.78, 5) is 44.5. The Bertz CT molecular complexity index is 1470. The molecule has 0 radical (unpaired) electrons. The molecule has 1 saturated heterocycles. The first-order chi connectivity index (χ1) is 21.7. The minimum absolute atomic E-state index is 0.125. The van der Waals surface area contributed by atoms with Crippen LogP contribution in [0.2, 0.25) is 0 Å². The number of unbranched alkanes of at least 4 members (excludes halogenated alkanes) is 2. The average Bonchev–Trinajstić information content (AvgIpc) is 3.06. The highest BCUT2D eigenvalue weighted by atomic mass is 16.5. The third-order valence-corrected chi connectivity index (χ3v) is 8.22. The Morgan fingerprint density at radius 3 is 2.33 bits per heavy atom. The van der Waals surface area contributed by atoms with E-state index in [1.807, 2.05) is 29.2 Å². The lowest BCUT2D eigenvalue weighted by Gasteiger charge is -2.35. The number of carbonyl (C=O) groups excluding carboxylic acids is 3. The maximum absolute atomic E-state index is 13.5. The molecule has 0 aliphatic carbocycles. The normalized spacial score (nSPS) is 13.4. The van der Waals surface area contributed by atoms with E-state index in [1.165, 1.54) is 24.1 Å². The van der Waals surface area contributed by atoms with Crippen LogP contribution in [0.25, 0.3) is 0 Å². The molecule has 0 saturated carbocycles. The molecule has 240 valence electrons. The number of anilines is 2. The molecule has 0 atom stereocenters. The van der Waals surface area contributed by atoms with Gasteiger partial charge in [0.1, 0.15) is 17.2 Å². The summed E-state index contributed by atoms with van der Waals surface area (Å²) in [7, 11) is 7.33. The molecule has 2 N–H and O–H groups in total. The smallest absolute Gasteiger partial charge is 0.259 e. The number of para-hydroxylation sites is 3. The number of nitrogens with one attached hydrogen (secondary N) is 1. The standard InChI is InChI=1S/C35H44N4O6/c1-37(2)26-19-21-39(22-20-26)33(41)16-6-5-11-23-45-31-15-10-8-13-29(31)38(3)35(43)25-17-18-28(32(24-25)44-4)36-34(42)27-12-7-9-14-30(27)40/h7-10,12-15,17-18,24,26,40H,5-6,11,16,19-23H2,1-4H3,(H,36,42). The second-order valence-electron chi connectivity index (χ2n) is 11.5. The monoisotopic (exact) mass is 616 g/mol. The van der Waals surface area contributed by atoms with E-state index >= 15 is 0 Å². The molecule has 4 rings (SSSR count). The van der Waals surface area contributed by atoms with Crippen molar-refractivity contribution in [1.82, 2.24) is 9.80 Å². The van der Waals surface area contributed by atoms with Crippen LogP contribution in [0.15, 0.2) is 66.7 Å². The van der Waals surface area contributed by atoms with Gasteiger partial charge in [0.2, 0.25) is 5.91 Å². The first kappa shape index (κ1) is 33.3. The van der Waals surface area contributed by atoms with Crippen LogP contribution in [0.3, 0.4) is 0 Å². The molecule has 0 bridgehead atoms. The van der Waals surface area contributed by atoms with Crippen molar-refractivity contribution < 1.29 is 29.0 Å². The maximum Gasteiger partial charge on any atom is 0.259 e. The van der Waals surface area contributed by atoms with E-state index in [0.717, 1.165) is 45.2 Å². The number of piperidine rings is 1. The number of hydrogen-bond acceptors (Lipinski definition) is 7. The predicted molar refractivity (Wildman–Crippen MR) is 175 cm³/mol. The van der Waals surface area contributed by atoms with Gasteiger partial charge >= 0.3 is 0 Å². The fraction of sp³-hybridized carbons (Fsp3) is 0.400. The number of methoxy groups -OCH3 is 1. The van der Waals surface area contributed by atoms with Crippen LogP contribution in [0, 0.1) is 0 Å². The molecule has 45 heavy (non-hydrogen) atoms. The topological polar surface area (TPSA) is 112 Å². The molecule has 10 nitrogen and oxygen atoms in total. The molecular weight excluding hydrogens is 572 g/mol. The number of aromatic hydroxyl groups is 1. The Morgan fingerprint density at radius 2 is 1.62 bits per heavy atom. The zero-order chi connectivity index (χ0) is 32.3. The summed E-state index contributed by atoms with van der Waals surface area (Å²) in [6, 6.07) is 18.9. The highest BCUT2D eigenvalue weighted by Crippen LogP contribution is 2.31. The van der Waals surface area contributed by atoms with Gasteiger partial charge < -0.3 is 34.6 Å². The number of phenolic OH excluding ortho intramolecular Hbond substituents is 1. The second kappa shape index (κ2) is 15.9. The number of hydrogen-bond donors (Lipinski definition) is 2. The molecule has 10 heteroatoms. The molecule has 0 spiro atoms. The van der Waals surface area contributed by atoms with Gasteiger partial charge in [-0.2, -0.15) is 0 Å². The number of benzene rings is 3. The minimum Gasteiger partial charge on any atom is -0.507 e. The summed E-state index contributed by atoms with van der Waals surface area (Å²) in [5, 5.41) is 12.7. The van der Waals surface area contributed by atoms with E-state index in [9.17, 15) is 19.5 Å². The van der Waals surface area contributed by atoms with Crippen LogP contribution in [0.1, 0.15) is 59.2 Å². The lowest BCUT2D eigenvalue weighted by molar-refractivity contribution is -0.132. The van der Waals surface area contributed by atoms with Crippen molar-refractivity contribution in [2.24, 2.45) is 0 Å². The van der Waals surface area contributed by atoms with Gasteiger partial charge in [0.05, 0.1) is 30.7 Å². The molecule has 1 fully saturated rings.